The average Bonchev–Trinajstić information content (AvgIpc) is 2.38. The summed E-state index contributed by atoms with van der Waals surface area (Å²) >= 11 is 0. The van der Waals surface area contributed by atoms with Crippen molar-refractivity contribution in [2.24, 2.45) is 0 Å². The molecule has 1 atom stereocenters. The van der Waals surface area contributed by atoms with E-state index in [2.05, 4.69) is 15.3 Å². The number of anilines is 1. The maximum atomic E-state index is 12.6. The first-order chi connectivity index (χ1) is 8.48. The van der Waals surface area contributed by atoms with Gasteiger partial charge >= 0.3 is 6.18 Å². The molecule has 18 heavy (non-hydrogen) atoms. The summed E-state index contributed by atoms with van der Waals surface area (Å²) in [5.74, 6) is 0.124. The highest BCUT2D eigenvalue weighted by Crippen LogP contribution is 2.28. The van der Waals surface area contributed by atoms with E-state index in [-0.39, 0.29) is 12.0 Å². The third-order valence-corrected chi connectivity index (χ3v) is 3.07. The van der Waals surface area contributed by atoms with Crippen LogP contribution in [0.4, 0.5) is 19.1 Å². The van der Waals surface area contributed by atoms with Crippen molar-refractivity contribution < 1.29 is 13.2 Å². The number of nitrogens with one attached hydrogen (secondary N) is 1. The summed E-state index contributed by atoms with van der Waals surface area (Å²) in [6.45, 7) is 1.70. The van der Waals surface area contributed by atoms with Crippen molar-refractivity contribution in [1.82, 2.24) is 15.3 Å². The SMILES string of the molecule is CN(c1nccc(C(F)(F)F)n1)C1CCCNC1. The minimum Gasteiger partial charge on any atom is -0.340 e. The molecule has 0 aromatic carbocycles. The van der Waals surface area contributed by atoms with Gasteiger partial charge in [0.15, 0.2) is 0 Å². The Morgan fingerprint density at radius 1 is 1.44 bits per heavy atom. The largest absolute Gasteiger partial charge is 0.433 e. The highest BCUT2D eigenvalue weighted by atomic mass is 19.4. The molecule has 1 N–H and O–H groups in total. The van der Waals surface area contributed by atoms with Gasteiger partial charge in [-0.15, -0.1) is 0 Å². The fraction of sp³-hybridized carbons (Fsp3) is 0.636. The van der Waals surface area contributed by atoms with Crippen LogP contribution in [0.5, 0.6) is 0 Å². The number of nitrogens with zero attached hydrogens (tertiary/aromatic N) is 3. The van der Waals surface area contributed by atoms with Gasteiger partial charge in [0.05, 0.1) is 0 Å². The lowest BCUT2D eigenvalue weighted by Crippen LogP contribution is -2.45. The lowest BCUT2D eigenvalue weighted by molar-refractivity contribution is -0.141. The molecule has 1 aromatic rings. The van der Waals surface area contributed by atoms with Gasteiger partial charge in [-0.2, -0.15) is 13.2 Å². The van der Waals surface area contributed by atoms with Gasteiger partial charge in [0, 0.05) is 25.8 Å². The van der Waals surface area contributed by atoms with Gasteiger partial charge in [0.2, 0.25) is 5.95 Å². The first-order valence-electron chi connectivity index (χ1n) is 5.82. The number of hydrogen-bond donors (Lipinski definition) is 1. The van der Waals surface area contributed by atoms with Crippen molar-refractivity contribution in [3.05, 3.63) is 18.0 Å². The van der Waals surface area contributed by atoms with Crippen molar-refractivity contribution >= 4 is 5.95 Å². The third kappa shape index (κ3) is 2.90. The van der Waals surface area contributed by atoms with Crippen LogP contribution >= 0.6 is 0 Å². The molecule has 0 amide bonds. The highest BCUT2D eigenvalue weighted by molar-refractivity contribution is 5.31. The molecular formula is C11H15F3N4. The van der Waals surface area contributed by atoms with E-state index in [1.54, 1.807) is 11.9 Å². The fourth-order valence-corrected chi connectivity index (χ4v) is 2.00. The van der Waals surface area contributed by atoms with Crippen LogP contribution in [-0.4, -0.2) is 36.1 Å². The minimum absolute atomic E-state index is 0.124. The second kappa shape index (κ2) is 5.09. The number of alkyl halides is 3. The normalized spacial score (nSPS) is 20.8. The molecule has 7 heteroatoms. The zero-order chi connectivity index (χ0) is 13.2. The van der Waals surface area contributed by atoms with Crippen LogP contribution in [0.3, 0.4) is 0 Å². The minimum atomic E-state index is -4.43. The van der Waals surface area contributed by atoms with Gasteiger partial charge < -0.3 is 10.2 Å². The molecule has 1 fully saturated rings. The van der Waals surface area contributed by atoms with E-state index < -0.39 is 11.9 Å². The van der Waals surface area contributed by atoms with E-state index >= 15 is 0 Å². The molecule has 2 heterocycles. The monoisotopic (exact) mass is 260 g/mol. The summed E-state index contributed by atoms with van der Waals surface area (Å²) in [6, 6.07) is 1.03. The molecule has 4 nitrogen and oxygen atoms in total. The Balaban J connectivity index is 2.17. The molecule has 0 bridgehead atoms. The van der Waals surface area contributed by atoms with E-state index in [4.69, 9.17) is 0 Å². The number of aromatic nitrogens is 2. The Hall–Kier alpha value is -1.37. The molecule has 1 saturated heterocycles. The molecule has 2 rings (SSSR count). The smallest absolute Gasteiger partial charge is 0.340 e. The summed E-state index contributed by atoms with van der Waals surface area (Å²) in [6.07, 6.45) is -1.33. The Morgan fingerprint density at radius 2 is 2.22 bits per heavy atom. The van der Waals surface area contributed by atoms with Gasteiger partial charge in [-0.1, -0.05) is 0 Å². The van der Waals surface area contributed by atoms with E-state index in [0.29, 0.717) is 0 Å². The molecule has 1 unspecified atom stereocenters. The lowest BCUT2D eigenvalue weighted by Gasteiger charge is -2.31. The Morgan fingerprint density at radius 3 is 2.83 bits per heavy atom. The molecule has 1 aromatic heterocycles. The second-order valence-electron chi connectivity index (χ2n) is 4.35. The Labute approximate surface area is 103 Å². The quantitative estimate of drug-likeness (QED) is 0.878. The fourth-order valence-electron chi connectivity index (χ4n) is 2.00. The third-order valence-electron chi connectivity index (χ3n) is 3.07. The van der Waals surface area contributed by atoms with Gasteiger partial charge in [-0.3, -0.25) is 0 Å². The van der Waals surface area contributed by atoms with Gasteiger partial charge in [0.25, 0.3) is 0 Å². The van der Waals surface area contributed by atoms with Crippen molar-refractivity contribution in [3.8, 4) is 0 Å². The van der Waals surface area contributed by atoms with Crippen LogP contribution in [-0.2, 0) is 6.18 Å². The summed E-state index contributed by atoms with van der Waals surface area (Å²) in [5, 5.41) is 3.21. The Kier molecular flexibility index (Phi) is 3.70. The van der Waals surface area contributed by atoms with Crippen molar-refractivity contribution in [2.45, 2.75) is 25.1 Å². The standard InChI is InChI=1S/C11H15F3N4/c1-18(8-3-2-5-15-7-8)10-16-6-4-9(17-10)11(12,13)14/h4,6,8,15H,2-3,5,7H2,1H3. The first kappa shape index (κ1) is 13.1. The molecule has 0 spiro atoms. The van der Waals surface area contributed by atoms with Crippen LogP contribution in [0.2, 0.25) is 0 Å². The van der Waals surface area contributed by atoms with E-state index in [1.807, 2.05) is 0 Å². The van der Waals surface area contributed by atoms with Gasteiger partial charge in [-0.05, 0) is 25.5 Å². The number of rotatable bonds is 2. The number of hydrogen-bond acceptors (Lipinski definition) is 4. The summed E-state index contributed by atoms with van der Waals surface area (Å²) in [7, 11) is 1.73. The summed E-state index contributed by atoms with van der Waals surface area (Å²) in [4.78, 5) is 9.21. The molecule has 0 aliphatic carbocycles. The molecule has 1 aliphatic heterocycles. The van der Waals surface area contributed by atoms with Crippen molar-refractivity contribution in [3.63, 3.8) is 0 Å². The molecule has 1 aliphatic rings. The lowest BCUT2D eigenvalue weighted by atomic mass is 10.1. The number of likely N-dealkylation sites (N-methyl/N-ethyl adjacent to an activating group) is 1. The molecule has 0 radical (unpaired) electrons. The van der Waals surface area contributed by atoms with Gasteiger partial charge in [-0.25, -0.2) is 9.97 Å². The van der Waals surface area contributed by atoms with E-state index in [0.717, 1.165) is 38.2 Å². The van der Waals surface area contributed by atoms with Gasteiger partial charge in [0.1, 0.15) is 5.69 Å². The number of piperidine rings is 1. The summed E-state index contributed by atoms with van der Waals surface area (Å²) < 4.78 is 37.7. The predicted molar refractivity (Wildman–Crippen MR) is 61.3 cm³/mol. The molecular weight excluding hydrogens is 245 g/mol. The molecule has 0 saturated carbocycles. The maximum absolute atomic E-state index is 12.6. The van der Waals surface area contributed by atoms with E-state index in [9.17, 15) is 13.2 Å². The van der Waals surface area contributed by atoms with Crippen LogP contribution < -0.4 is 10.2 Å². The highest BCUT2D eigenvalue weighted by Gasteiger charge is 2.33. The first-order valence-corrected chi connectivity index (χ1v) is 5.82. The van der Waals surface area contributed by atoms with Crippen LogP contribution in [0.15, 0.2) is 12.3 Å². The topological polar surface area (TPSA) is 41.1 Å². The number of halogens is 3. The van der Waals surface area contributed by atoms with Crippen LogP contribution in [0.25, 0.3) is 0 Å². The zero-order valence-corrected chi connectivity index (χ0v) is 10.0. The van der Waals surface area contributed by atoms with Crippen molar-refractivity contribution in [2.75, 3.05) is 25.0 Å². The predicted octanol–water partition coefficient (Wildman–Crippen LogP) is 1.68. The van der Waals surface area contributed by atoms with Crippen LogP contribution in [0, 0.1) is 0 Å². The summed E-state index contributed by atoms with van der Waals surface area (Å²) in [5.41, 5.74) is -0.900. The Bertz CT molecular complexity index is 402. The second-order valence-corrected chi connectivity index (χ2v) is 4.35. The van der Waals surface area contributed by atoms with Crippen LogP contribution in [0.1, 0.15) is 18.5 Å². The average molecular weight is 260 g/mol. The van der Waals surface area contributed by atoms with E-state index in [1.165, 1.54) is 0 Å². The molecule has 100 valence electrons. The van der Waals surface area contributed by atoms with Crippen molar-refractivity contribution in [1.29, 1.82) is 0 Å². The zero-order valence-electron chi connectivity index (χ0n) is 10.0. The maximum Gasteiger partial charge on any atom is 0.433 e.